The summed E-state index contributed by atoms with van der Waals surface area (Å²) in [4.78, 5) is 0. The minimum absolute atomic E-state index is 0.307. The van der Waals surface area contributed by atoms with Gasteiger partial charge in [-0.3, -0.25) is 0 Å². The quantitative estimate of drug-likeness (QED) is 0.678. The van der Waals surface area contributed by atoms with E-state index in [9.17, 15) is 8.78 Å². The lowest BCUT2D eigenvalue weighted by Crippen LogP contribution is -2.00. The normalized spacial score (nSPS) is 12.5. The lowest BCUT2D eigenvalue weighted by molar-refractivity contribution is 0.568. The smallest absolute Gasteiger partial charge is 0.131 e. The molecule has 0 aliphatic heterocycles. The maximum Gasteiger partial charge on any atom is 0.131 e. The predicted molar refractivity (Wildman–Crippen MR) is 70.0 cm³/mol. The molecular formula is C15H13ClF2. The van der Waals surface area contributed by atoms with Gasteiger partial charge in [0.25, 0.3) is 0 Å². The Bertz CT molecular complexity index is 579. The molecule has 0 amide bonds. The Morgan fingerprint density at radius 1 is 1.00 bits per heavy atom. The molecule has 0 nitrogen and oxygen atoms in total. The number of aryl methyl sites for hydroxylation is 2. The Kier molecular flexibility index (Phi) is 3.67. The molecule has 1 unspecified atom stereocenters. The summed E-state index contributed by atoms with van der Waals surface area (Å²) in [6, 6.07) is 9.90. The van der Waals surface area contributed by atoms with E-state index in [1.807, 2.05) is 31.2 Å². The first kappa shape index (κ1) is 13.0. The largest absolute Gasteiger partial charge is 0.207 e. The van der Waals surface area contributed by atoms with Crippen molar-refractivity contribution in [2.75, 3.05) is 0 Å². The van der Waals surface area contributed by atoms with Crippen molar-refractivity contribution < 1.29 is 8.78 Å². The molecule has 94 valence electrons. The zero-order valence-corrected chi connectivity index (χ0v) is 10.9. The van der Waals surface area contributed by atoms with Crippen LogP contribution >= 0.6 is 11.6 Å². The fourth-order valence-corrected chi connectivity index (χ4v) is 2.18. The third kappa shape index (κ3) is 2.54. The Morgan fingerprint density at radius 3 is 2.39 bits per heavy atom. The van der Waals surface area contributed by atoms with Crippen LogP contribution in [0.1, 0.15) is 27.6 Å². The second-order valence-corrected chi connectivity index (χ2v) is 4.84. The number of rotatable bonds is 2. The zero-order chi connectivity index (χ0) is 13.3. The molecule has 2 aromatic carbocycles. The highest BCUT2D eigenvalue weighted by Crippen LogP contribution is 2.32. The molecule has 1 atom stereocenters. The Labute approximate surface area is 110 Å². The van der Waals surface area contributed by atoms with Gasteiger partial charge < -0.3 is 0 Å². The molecule has 18 heavy (non-hydrogen) atoms. The minimum Gasteiger partial charge on any atom is -0.207 e. The summed E-state index contributed by atoms with van der Waals surface area (Å²) in [5.74, 6) is -1.16. The van der Waals surface area contributed by atoms with E-state index in [-0.39, 0.29) is 0 Å². The van der Waals surface area contributed by atoms with Crippen molar-refractivity contribution in [2.45, 2.75) is 19.2 Å². The van der Waals surface area contributed by atoms with E-state index in [0.29, 0.717) is 11.1 Å². The molecule has 0 saturated carbocycles. The number of alkyl halides is 1. The number of hydrogen-bond acceptors (Lipinski definition) is 0. The molecule has 0 radical (unpaired) electrons. The van der Waals surface area contributed by atoms with Gasteiger partial charge in [-0.05, 0) is 31.0 Å². The topological polar surface area (TPSA) is 0 Å². The molecule has 2 rings (SSSR count). The lowest BCUT2D eigenvalue weighted by Gasteiger charge is -2.13. The van der Waals surface area contributed by atoms with Crippen LogP contribution in [0.4, 0.5) is 8.78 Å². The summed E-state index contributed by atoms with van der Waals surface area (Å²) in [6.45, 7) is 3.54. The minimum atomic E-state index is -0.611. The summed E-state index contributed by atoms with van der Waals surface area (Å²) in [5, 5.41) is -0.607. The fraction of sp³-hybridized carbons (Fsp3) is 0.200. The van der Waals surface area contributed by atoms with Crippen LogP contribution in [-0.4, -0.2) is 0 Å². The molecule has 0 N–H and O–H groups in total. The second-order valence-electron chi connectivity index (χ2n) is 4.40. The van der Waals surface area contributed by atoms with Crippen molar-refractivity contribution in [3.63, 3.8) is 0 Å². The molecule has 0 aliphatic rings. The number of hydrogen-bond donors (Lipinski definition) is 0. The van der Waals surface area contributed by atoms with Crippen molar-refractivity contribution in [3.8, 4) is 0 Å². The maximum absolute atomic E-state index is 13.7. The predicted octanol–water partition coefficient (Wildman–Crippen LogP) is 4.91. The molecule has 2 aromatic rings. The van der Waals surface area contributed by atoms with Crippen LogP contribution < -0.4 is 0 Å². The number of benzene rings is 2. The van der Waals surface area contributed by atoms with Gasteiger partial charge in [0, 0.05) is 11.6 Å². The first-order valence-corrected chi connectivity index (χ1v) is 6.09. The fourth-order valence-electron chi connectivity index (χ4n) is 1.88. The van der Waals surface area contributed by atoms with Crippen LogP contribution in [0.5, 0.6) is 0 Å². The highest BCUT2D eigenvalue weighted by molar-refractivity contribution is 6.22. The first-order chi connectivity index (χ1) is 8.49. The van der Waals surface area contributed by atoms with E-state index >= 15 is 0 Å². The molecule has 0 aromatic heterocycles. The van der Waals surface area contributed by atoms with E-state index < -0.39 is 17.0 Å². The van der Waals surface area contributed by atoms with Gasteiger partial charge in [-0.25, -0.2) is 8.78 Å². The summed E-state index contributed by atoms with van der Waals surface area (Å²) < 4.78 is 26.9. The summed E-state index contributed by atoms with van der Waals surface area (Å²) >= 11 is 6.27. The van der Waals surface area contributed by atoms with Gasteiger partial charge in [-0.1, -0.05) is 29.8 Å². The summed E-state index contributed by atoms with van der Waals surface area (Å²) in [5.41, 5.74) is 2.56. The standard InChI is InChI=1S/C15H13ClF2/c1-9-4-3-5-11(6-9)15(16)12-7-10(2)13(17)8-14(12)18/h3-8,15H,1-2H3. The van der Waals surface area contributed by atoms with Crippen molar-refractivity contribution in [1.29, 1.82) is 0 Å². The third-order valence-electron chi connectivity index (χ3n) is 2.89. The monoisotopic (exact) mass is 266 g/mol. The average molecular weight is 267 g/mol. The molecule has 3 heteroatoms. The second kappa shape index (κ2) is 5.07. The van der Waals surface area contributed by atoms with Crippen molar-refractivity contribution in [1.82, 2.24) is 0 Å². The lowest BCUT2D eigenvalue weighted by atomic mass is 10.0. The first-order valence-electron chi connectivity index (χ1n) is 5.65. The van der Waals surface area contributed by atoms with Crippen LogP contribution in [0.2, 0.25) is 0 Å². The average Bonchev–Trinajstić information content (AvgIpc) is 2.33. The van der Waals surface area contributed by atoms with E-state index in [1.54, 1.807) is 6.92 Å². The summed E-state index contributed by atoms with van der Waals surface area (Å²) in [7, 11) is 0. The SMILES string of the molecule is Cc1cccc(C(Cl)c2cc(C)c(F)cc2F)c1. The molecule has 0 heterocycles. The molecule has 0 fully saturated rings. The van der Waals surface area contributed by atoms with E-state index in [2.05, 4.69) is 0 Å². The van der Waals surface area contributed by atoms with Crippen LogP contribution in [0.15, 0.2) is 36.4 Å². The Morgan fingerprint density at radius 2 is 1.72 bits per heavy atom. The molecule has 0 spiro atoms. The highest BCUT2D eigenvalue weighted by atomic mass is 35.5. The third-order valence-corrected chi connectivity index (χ3v) is 3.37. The van der Waals surface area contributed by atoms with Crippen LogP contribution in [-0.2, 0) is 0 Å². The number of halogens is 3. The highest BCUT2D eigenvalue weighted by Gasteiger charge is 2.17. The Balaban J connectivity index is 2.46. The van der Waals surface area contributed by atoms with Gasteiger partial charge in [-0.2, -0.15) is 0 Å². The molecule has 0 saturated heterocycles. The van der Waals surface area contributed by atoms with Crippen molar-refractivity contribution >= 4 is 11.6 Å². The van der Waals surface area contributed by atoms with Crippen LogP contribution in [0, 0.1) is 25.5 Å². The van der Waals surface area contributed by atoms with Gasteiger partial charge in [0.05, 0.1) is 5.38 Å². The van der Waals surface area contributed by atoms with Gasteiger partial charge >= 0.3 is 0 Å². The van der Waals surface area contributed by atoms with E-state index in [1.165, 1.54) is 6.07 Å². The van der Waals surface area contributed by atoms with E-state index in [0.717, 1.165) is 17.2 Å². The summed E-state index contributed by atoms with van der Waals surface area (Å²) in [6.07, 6.45) is 0. The molecule has 0 aliphatic carbocycles. The maximum atomic E-state index is 13.7. The van der Waals surface area contributed by atoms with Gasteiger partial charge in [0.2, 0.25) is 0 Å². The van der Waals surface area contributed by atoms with E-state index in [4.69, 9.17) is 11.6 Å². The van der Waals surface area contributed by atoms with Gasteiger partial charge in [0.1, 0.15) is 11.6 Å². The van der Waals surface area contributed by atoms with Crippen molar-refractivity contribution in [3.05, 3.63) is 70.3 Å². The molecule has 0 bridgehead atoms. The van der Waals surface area contributed by atoms with Gasteiger partial charge in [-0.15, -0.1) is 11.6 Å². The van der Waals surface area contributed by atoms with Gasteiger partial charge in [0.15, 0.2) is 0 Å². The van der Waals surface area contributed by atoms with Crippen LogP contribution in [0.25, 0.3) is 0 Å². The van der Waals surface area contributed by atoms with Crippen LogP contribution in [0.3, 0.4) is 0 Å². The molecular weight excluding hydrogens is 254 g/mol. The zero-order valence-electron chi connectivity index (χ0n) is 10.2. The van der Waals surface area contributed by atoms with Crippen molar-refractivity contribution in [2.24, 2.45) is 0 Å². The Hall–Kier alpha value is -1.41.